The molecule has 0 radical (unpaired) electrons. The average molecular weight is 297 g/mol. The van der Waals surface area contributed by atoms with Crippen LogP contribution < -0.4 is 11.1 Å². The molecular formula is C14H21BrN2. The van der Waals surface area contributed by atoms with Crippen molar-refractivity contribution < 1.29 is 0 Å². The lowest BCUT2D eigenvalue weighted by Crippen LogP contribution is -2.48. The first kappa shape index (κ1) is 12.9. The van der Waals surface area contributed by atoms with E-state index in [1.807, 2.05) is 0 Å². The van der Waals surface area contributed by atoms with Gasteiger partial charge in [0.05, 0.1) is 5.54 Å². The highest BCUT2D eigenvalue weighted by molar-refractivity contribution is 9.10. The molecule has 1 saturated carbocycles. The Bertz CT molecular complexity index is 363. The van der Waals surface area contributed by atoms with Gasteiger partial charge in [0.15, 0.2) is 0 Å². The Balaban J connectivity index is 2.16. The van der Waals surface area contributed by atoms with Crippen LogP contribution in [0.4, 0.5) is 5.69 Å². The summed E-state index contributed by atoms with van der Waals surface area (Å²) in [4.78, 5) is 0. The van der Waals surface area contributed by atoms with Crippen molar-refractivity contribution >= 4 is 21.6 Å². The van der Waals surface area contributed by atoms with Crippen molar-refractivity contribution in [3.05, 3.63) is 28.7 Å². The van der Waals surface area contributed by atoms with E-state index in [1.54, 1.807) is 0 Å². The molecule has 2 nitrogen and oxygen atoms in total. The maximum Gasteiger partial charge on any atom is 0.0523 e. The summed E-state index contributed by atoms with van der Waals surface area (Å²) in [7, 11) is 0. The third-order valence-corrected chi connectivity index (χ3v) is 4.58. The van der Waals surface area contributed by atoms with Gasteiger partial charge in [-0.1, -0.05) is 35.7 Å². The Labute approximate surface area is 112 Å². The second-order valence-electron chi connectivity index (χ2n) is 4.99. The highest BCUT2D eigenvalue weighted by atomic mass is 79.9. The van der Waals surface area contributed by atoms with Crippen LogP contribution in [-0.4, -0.2) is 12.1 Å². The van der Waals surface area contributed by atoms with E-state index in [-0.39, 0.29) is 5.54 Å². The molecule has 1 fully saturated rings. The van der Waals surface area contributed by atoms with Crippen molar-refractivity contribution in [2.45, 2.75) is 38.1 Å². The van der Waals surface area contributed by atoms with Crippen LogP contribution in [0.1, 0.15) is 32.6 Å². The molecule has 0 aliphatic heterocycles. The van der Waals surface area contributed by atoms with Crippen LogP contribution >= 0.6 is 15.9 Å². The second-order valence-corrected chi connectivity index (χ2v) is 5.91. The van der Waals surface area contributed by atoms with Crippen LogP contribution in [-0.2, 0) is 0 Å². The van der Waals surface area contributed by atoms with Gasteiger partial charge in [0.2, 0.25) is 0 Å². The lowest BCUT2D eigenvalue weighted by molar-refractivity contribution is 0.346. The van der Waals surface area contributed by atoms with Crippen LogP contribution in [0.15, 0.2) is 28.7 Å². The Hall–Kier alpha value is -0.540. The van der Waals surface area contributed by atoms with Gasteiger partial charge < -0.3 is 11.1 Å². The quantitative estimate of drug-likeness (QED) is 0.888. The summed E-state index contributed by atoms with van der Waals surface area (Å²) in [5, 5.41) is 3.69. The molecule has 1 aliphatic carbocycles. The third kappa shape index (κ3) is 2.66. The van der Waals surface area contributed by atoms with E-state index in [2.05, 4.69) is 52.4 Å². The molecule has 2 unspecified atom stereocenters. The molecule has 0 heterocycles. The van der Waals surface area contributed by atoms with Crippen molar-refractivity contribution in [2.75, 3.05) is 11.9 Å². The third-order valence-electron chi connectivity index (χ3n) is 4.05. The minimum absolute atomic E-state index is 0.114. The van der Waals surface area contributed by atoms with Gasteiger partial charge in [-0.05, 0) is 43.0 Å². The van der Waals surface area contributed by atoms with Crippen LogP contribution in [0, 0.1) is 5.92 Å². The first-order valence-corrected chi connectivity index (χ1v) is 7.23. The molecule has 2 rings (SSSR count). The number of halogens is 1. The molecule has 3 N–H and O–H groups in total. The number of rotatable bonds is 4. The first-order chi connectivity index (χ1) is 8.20. The zero-order valence-electron chi connectivity index (χ0n) is 10.4. The molecule has 2 atom stereocenters. The van der Waals surface area contributed by atoms with Crippen molar-refractivity contribution in [3.63, 3.8) is 0 Å². The van der Waals surface area contributed by atoms with Gasteiger partial charge >= 0.3 is 0 Å². The molecular weight excluding hydrogens is 276 g/mol. The second kappa shape index (κ2) is 5.40. The van der Waals surface area contributed by atoms with Gasteiger partial charge in [-0.15, -0.1) is 0 Å². The fourth-order valence-corrected chi connectivity index (χ4v) is 3.31. The molecule has 0 bridgehead atoms. The summed E-state index contributed by atoms with van der Waals surface area (Å²) in [5.74, 6) is 0.705. The first-order valence-electron chi connectivity index (χ1n) is 6.44. The Kier molecular flexibility index (Phi) is 4.10. The number of benzene rings is 1. The SMILES string of the molecule is CCC1CCCC1(CN)Nc1ccc(Br)cc1. The molecule has 0 spiro atoms. The van der Waals surface area contributed by atoms with E-state index in [1.165, 1.54) is 31.4 Å². The molecule has 0 amide bonds. The van der Waals surface area contributed by atoms with Crippen LogP contribution in [0.3, 0.4) is 0 Å². The highest BCUT2D eigenvalue weighted by Gasteiger charge is 2.40. The maximum absolute atomic E-state index is 6.04. The maximum atomic E-state index is 6.04. The van der Waals surface area contributed by atoms with E-state index in [0.29, 0.717) is 5.92 Å². The Morgan fingerprint density at radius 1 is 1.41 bits per heavy atom. The number of nitrogens with two attached hydrogens (primary N) is 1. The molecule has 17 heavy (non-hydrogen) atoms. The minimum atomic E-state index is 0.114. The van der Waals surface area contributed by atoms with Gasteiger partial charge in [-0.25, -0.2) is 0 Å². The zero-order chi connectivity index (χ0) is 12.3. The fraction of sp³-hybridized carbons (Fsp3) is 0.571. The largest absolute Gasteiger partial charge is 0.378 e. The highest BCUT2D eigenvalue weighted by Crippen LogP contribution is 2.39. The lowest BCUT2D eigenvalue weighted by Gasteiger charge is -2.36. The van der Waals surface area contributed by atoms with Crippen LogP contribution in [0.5, 0.6) is 0 Å². The van der Waals surface area contributed by atoms with Crippen LogP contribution in [0.2, 0.25) is 0 Å². The monoisotopic (exact) mass is 296 g/mol. The van der Waals surface area contributed by atoms with Gasteiger partial charge in [-0.3, -0.25) is 0 Å². The number of anilines is 1. The van der Waals surface area contributed by atoms with E-state index in [9.17, 15) is 0 Å². The van der Waals surface area contributed by atoms with Gasteiger partial charge in [0, 0.05) is 16.7 Å². The minimum Gasteiger partial charge on any atom is -0.378 e. The standard InChI is InChI=1S/C14H21BrN2/c1-2-11-4-3-9-14(11,10-16)17-13-7-5-12(15)6-8-13/h5-8,11,17H,2-4,9-10,16H2,1H3. The molecule has 0 aromatic heterocycles. The van der Waals surface area contributed by atoms with E-state index >= 15 is 0 Å². The van der Waals surface area contributed by atoms with Crippen molar-refractivity contribution in [2.24, 2.45) is 11.7 Å². The molecule has 0 saturated heterocycles. The van der Waals surface area contributed by atoms with Gasteiger partial charge in [0.1, 0.15) is 0 Å². The van der Waals surface area contributed by atoms with E-state index in [0.717, 1.165) is 11.0 Å². The van der Waals surface area contributed by atoms with Crippen molar-refractivity contribution in [1.29, 1.82) is 0 Å². The number of hydrogen-bond donors (Lipinski definition) is 2. The molecule has 3 heteroatoms. The summed E-state index contributed by atoms with van der Waals surface area (Å²) in [6.07, 6.45) is 5.00. The normalized spacial score (nSPS) is 28.3. The molecule has 1 aliphatic rings. The lowest BCUT2D eigenvalue weighted by atomic mass is 9.85. The summed E-state index contributed by atoms with van der Waals surface area (Å²) in [5.41, 5.74) is 7.33. The topological polar surface area (TPSA) is 38.0 Å². The van der Waals surface area contributed by atoms with Crippen molar-refractivity contribution in [1.82, 2.24) is 0 Å². The summed E-state index contributed by atoms with van der Waals surface area (Å²) in [6.45, 7) is 2.99. The van der Waals surface area contributed by atoms with Crippen molar-refractivity contribution in [3.8, 4) is 0 Å². The predicted octanol–water partition coefficient (Wildman–Crippen LogP) is 3.77. The van der Waals surface area contributed by atoms with Gasteiger partial charge in [-0.2, -0.15) is 0 Å². The average Bonchev–Trinajstić information content (AvgIpc) is 2.75. The van der Waals surface area contributed by atoms with Crippen LogP contribution in [0.25, 0.3) is 0 Å². The summed E-state index contributed by atoms with van der Waals surface area (Å²) < 4.78 is 1.11. The smallest absolute Gasteiger partial charge is 0.0523 e. The predicted molar refractivity (Wildman–Crippen MR) is 77.2 cm³/mol. The molecule has 1 aromatic rings. The Morgan fingerprint density at radius 3 is 2.71 bits per heavy atom. The summed E-state index contributed by atoms with van der Waals surface area (Å²) in [6, 6.07) is 8.38. The summed E-state index contributed by atoms with van der Waals surface area (Å²) >= 11 is 3.46. The zero-order valence-corrected chi connectivity index (χ0v) is 12.0. The molecule has 94 valence electrons. The number of nitrogens with one attached hydrogen (secondary N) is 1. The fourth-order valence-electron chi connectivity index (χ4n) is 3.04. The van der Waals surface area contributed by atoms with Gasteiger partial charge in [0.25, 0.3) is 0 Å². The molecule has 1 aromatic carbocycles. The number of hydrogen-bond acceptors (Lipinski definition) is 2. The Morgan fingerprint density at radius 2 is 2.12 bits per heavy atom. The van der Waals surface area contributed by atoms with E-state index < -0.39 is 0 Å². The van der Waals surface area contributed by atoms with E-state index in [4.69, 9.17) is 5.73 Å².